The first kappa shape index (κ1) is 15.2. The molecule has 5 heteroatoms. The molecule has 4 nitrogen and oxygen atoms in total. The van der Waals surface area contributed by atoms with Gasteiger partial charge in [0.2, 0.25) is 0 Å². The number of carboxylic acid groups (broad SMARTS) is 1. The van der Waals surface area contributed by atoms with E-state index in [9.17, 15) is 9.90 Å². The summed E-state index contributed by atoms with van der Waals surface area (Å²) in [6.45, 7) is 2.71. The third-order valence-electron chi connectivity index (χ3n) is 3.49. The van der Waals surface area contributed by atoms with Crippen molar-refractivity contribution in [2.75, 3.05) is 5.32 Å². The van der Waals surface area contributed by atoms with E-state index in [2.05, 4.69) is 10.3 Å². The number of thiazole rings is 1. The average molecular weight is 324 g/mol. The first-order valence-corrected chi connectivity index (χ1v) is 8.03. The Bertz CT molecular complexity index is 825. The molecule has 1 aromatic heterocycles. The second-order valence-electron chi connectivity index (χ2n) is 5.18. The number of nitrogens with zero attached hydrogens (tertiary/aromatic N) is 1. The number of carbonyl (C=O) groups is 1. The number of aromatic nitrogens is 1. The van der Waals surface area contributed by atoms with Crippen LogP contribution in [0.1, 0.15) is 20.8 Å². The van der Waals surface area contributed by atoms with Gasteiger partial charge in [-0.3, -0.25) is 0 Å². The fourth-order valence-corrected chi connectivity index (χ4v) is 3.00. The Hall–Kier alpha value is -2.66. The molecule has 0 amide bonds. The Morgan fingerprint density at radius 3 is 2.57 bits per heavy atom. The summed E-state index contributed by atoms with van der Waals surface area (Å²) in [4.78, 5) is 16.8. The summed E-state index contributed by atoms with van der Waals surface area (Å²) in [5.41, 5.74) is 3.07. The largest absolute Gasteiger partial charge is 0.478 e. The van der Waals surface area contributed by atoms with E-state index >= 15 is 0 Å². The van der Waals surface area contributed by atoms with Gasteiger partial charge in [-0.05, 0) is 29.7 Å². The third kappa shape index (κ3) is 3.57. The van der Waals surface area contributed by atoms with Gasteiger partial charge in [-0.1, -0.05) is 42.5 Å². The van der Waals surface area contributed by atoms with E-state index in [0.717, 1.165) is 21.8 Å². The maximum absolute atomic E-state index is 11.3. The molecule has 3 rings (SSSR count). The molecule has 1 heterocycles. The molecule has 0 unspecified atom stereocenters. The van der Waals surface area contributed by atoms with Crippen LogP contribution < -0.4 is 5.32 Å². The molecule has 116 valence electrons. The first-order chi connectivity index (χ1) is 11.1. The molecule has 2 N–H and O–H groups in total. The topological polar surface area (TPSA) is 62.2 Å². The predicted molar refractivity (Wildman–Crippen MR) is 93.0 cm³/mol. The number of benzene rings is 2. The molecule has 0 bridgehead atoms. The van der Waals surface area contributed by atoms with Crippen LogP contribution in [0, 0.1) is 6.92 Å². The van der Waals surface area contributed by atoms with Crippen molar-refractivity contribution in [1.82, 2.24) is 4.98 Å². The van der Waals surface area contributed by atoms with Gasteiger partial charge in [0.15, 0.2) is 5.13 Å². The monoisotopic (exact) mass is 324 g/mol. The Morgan fingerprint density at radius 1 is 1.17 bits per heavy atom. The van der Waals surface area contributed by atoms with Gasteiger partial charge in [0, 0.05) is 17.6 Å². The lowest BCUT2D eigenvalue weighted by Gasteiger charge is -2.08. The number of carboxylic acids is 1. The smallest absolute Gasteiger partial charge is 0.336 e. The molecule has 0 atom stereocenters. The van der Waals surface area contributed by atoms with Crippen LogP contribution in [-0.2, 0) is 6.54 Å². The van der Waals surface area contributed by atoms with Crippen LogP contribution in [0.25, 0.3) is 11.1 Å². The summed E-state index contributed by atoms with van der Waals surface area (Å²) in [5.74, 6) is -0.912. The lowest BCUT2D eigenvalue weighted by Crippen LogP contribution is -2.00. The Morgan fingerprint density at radius 2 is 1.91 bits per heavy atom. The van der Waals surface area contributed by atoms with Crippen molar-refractivity contribution < 1.29 is 9.90 Å². The molecule has 0 radical (unpaired) electrons. The maximum Gasteiger partial charge on any atom is 0.336 e. The molecule has 0 saturated carbocycles. The molecular formula is C18H16N2O2S. The molecule has 0 saturated heterocycles. The zero-order chi connectivity index (χ0) is 16.2. The van der Waals surface area contributed by atoms with Crippen molar-refractivity contribution in [3.8, 4) is 11.1 Å². The number of aryl methyl sites for hydroxylation is 1. The lowest BCUT2D eigenvalue weighted by molar-refractivity contribution is 0.0697. The maximum atomic E-state index is 11.3. The minimum atomic E-state index is -0.912. The zero-order valence-electron chi connectivity index (χ0n) is 12.6. The highest BCUT2D eigenvalue weighted by Crippen LogP contribution is 2.24. The number of anilines is 1. The van der Waals surface area contributed by atoms with E-state index in [1.54, 1.807) is 23.5 Å². The minimum Gasteiger partial charge on any atom is -0.478 e. The summed E-state index contributed by atoms with van der Waals surface area (Å²) in [5, 5.41) is 13.5. The Labute approximate surface area is 138 Å². The van der Waals surface area contributed by atoms with Crippen molar-refractivity contribution in [1.29, 1.82) is 0 Å². The molecule has 0 fully saturated rings. The molecule has 0 aliphatic carbocycles. The van der Waals surface area contributed by atoms with Crippen molar-refractivity contribution >= 4 is 22.4 Å². The number of hydrogen-bond donors (Lipinski definition) is 2. The van der Waals surface area contributed by atoms with Crippen LogP contribution in [0.5, 0.6) is 0 Å². The van der Waals surface area contributed by atoms with E-state index in [-0.39, 0.29) is 0 Å². The standard InChI is InChI=1S/C18H16N2O2S/c1-12-10-19-18(23-12)20-11-13-6-8-14(9-7-13)15-4-2-3-5-16(15)17(21)22/h2-10H,11H2,1H3,(H,19,20)(H,21,22). The van der Waals surface area contributed by atoms with Crippen molar-refractivity contribution in [3.05, 3.63) is 70.7 Å². The van der Waals surface area contributed by atoms with Crippen LogP contribution in [0.15, 0.2) is 54.7 Å². The number of rotatable bonds is 5. The number of hydrogen-bond acceptors (Lipinski definition) is 4. The minimum absolute atomic E-state index is 0.316. The lowest BCUT2D eigenvalue weighted by atomic mass is 9.99. The average Bonchev–Trinajstić information content (AvgIpc) is 2.99. The van der Waals surface area contributed by atoms with Crippen molar-refractivity contribution in [2.24, 2.45) is 0 Å². The van der Waals surface area contributed by atoms with Crippen LogP contribution >= 0.6 is 11.3 Å². The van der Waals surface area contributed by atoms with E-state index in [4.69, 9.17) is 0 Å². The second kappa shape index (κ2) is 6.62. The van der Waals surface area contributed by atoms with Crippen LogP contribution in [0.4, 0.5) is 5.13 Å². The summed E-state index contributed by atoms with van der Waals surface area (Å²) in [6, 6.07) is 14.9. The fraction of sp³-hybridized carbons (Fsp3) is 0.111. The second-order valence-corrected chi connectivity index (χ2v) is 6.41. The molecule has 3 aromatic rings. The van der Waals surface area contributed by atoms with E-state index in [0.29, 0.717) is 12.1 Å². The van der Waals surface area contributed by atoms with Gasteiger partial charge in [-0.2, -0.15) is 0 Å². The quantitative estimate of drug-likeness (QED) is 0.729. The molecule has 0 spiro atoms. The zero-order valence-corrected chi connectivity index (χ0v) is 13.4. The van der Waals surface area contributed by atoms with Gasteiger partial charge in [0.05, 0.1) is 5.56 Å². The third-order valence-corrected chi connectivity index (χ3v) is 4.36. The summed E-state index contributed by atoms with van der Waals surface area (Å²) in [6.07, 6.45) is 1.85. The van der Waals surface area contributed by atoms with Gasteiger partial charge in [0.25, 0.3) is 0 Å². The summed E-state index contributed by atoms with van der Waals surface area (Å²) in [7, 11) is 0. The summed E-state index contributed by atoms with van der Waals surface area (Å²) < 4.78 is 0. The van der Waals surface area contributed by atoms with Gasteiger partial charge in [0.1, 0.15) is 0 Å². The Balaban J connectivity index is 1.76. The molecule has 0 aliphatic heterocycles. The van der Waals surface area contributed by atoms with Gasteiger partial charge < -0.3 is 10.4 Å². The van der Waals surface area contributed by atoms with Crippen LogP contribution in [-0.4, -0.2) is 16.1 Å². The van der Waals surface area contributed by atoms with Crippen LogP contribution in [0.3, 0.4) is 0 Å². The SMILES string of the molecule is Cc1cnc(NCc2ccc(-c3ccccc3C(=O)O)cc2)s1. The predicted octanol–water partition coefficient (Wildman–Crippen LogP) is 4.43. The van der Waals surface area contributed by atoms with E-state index < -0.39 is 5.97 Å². The molecule has 23 heavy (non-hydrogen) atoms. The van der Waals surface area contributed by atoms with Crippen molar-refractivity contribution in [2.45, 2.75) is 13.5 Å². The van der Waals surface area contributed by atoms with Crippen LogP contribution in [0.2, 0.25) is 0 Å². The molecular weight excluding hydrogens is 308 g/mol. The number of nitrogens with one attached hydrogen (secondary N) is 1. The van der Waals surface area contributed by atoms with Gasteiger partial charge >= 0.3 is 5.97 Å². The fourth-order valence-electron chi connectivity index (χ4n) is 2.34. The normalized spacial score (nSPS) is 10.5. The van der Waals surface area contributed by atoms with Crippen molar-refractivity contribution in [3.63, 3.8) is 0 Å². The van der Waals surface area contributed by atoms with Gasteiger partial charge in [-0.15, -0.1) is 11.3 Å². The molecule has 0 aliphatic rings. The highest BCUT2D eigenvalue weighted by molar-refractivity contribution is 7.15. The van der Waals surface area contributed by atoms with Gasteiger partial charge in [-0.25, -0.2) is 9.78 Å². The van der Waals surface area contributed by atoms with E-state index in [1.165, 1.54) is 4.88 Å². The first-order valence-electron chi connectivity index (χ1n) is 7.21. The summed E-state index contributed by atoms with van der Waals surface area (Å²) >= 11 is 1.62. The molecule has 2 aromatic carbocycles. The van der Waals surface area contributed by atoms with E-state index in [1.807, 2.05) is 49.5 Å². The Kier molecular flexibility index (Phi) is 4.39. The number of aromatic carboxylic acids is 1. The highest BCUT2D eigenvalue weighted by Gasteiger charge is 2.10. The highest BCUT2D eigenvalue weighted by atomic mass is 32.1.